The van der Waals surface area contributed by atoms with Crippen LogP contribution in [0.5, 0.6) is 0 Å². The molecule has 0 radical (unpaired) electrons. The Kier molecular flexibility index (Phi) is 3.30. The number of piperazine rings is 1. The standard InChI is InChI=1S/C9H13N3O2S/c13-15(14)9-3-1-2-8(11-9)12-6-4-10-5-7-12/h1-3,10H,4-7H2,(H,13,14). The molecule has 1 aromatic rings. The van der Waals surface area contributed by atoms with Crippen molar-refractivity contribution in [1.29, 1.82) is 0 Å². The molecule has 15 heavy (non-hydrogen) atoms. The van der Waals surface area contributed by atoms with Crippen LogP contribution in [-0.4, -0.2) is 39.9 Å². The molecule has 5 nitrogen and oxygen atoms in total. The molecule has 82 valence electrons. The lowest BCUT2D eigenvalue weighted by molar-refractivity contribution is 0.558. The lowest BCUT2D eigenvalue weighted by Crippen LogP contribution is -2.43. The van der Waals surface area contributed by atoms with Gasteiger partial charge in [0, 0.05) is 26.2 Å². The SMILES string of the molecule is O=S(O)c1cccc(N2CCNCC2)n1. The van der Waals surface area contributed by atoms with Gasteiger partial charge in [-0.3, -0.25) is 0 Å². The monoisotopic (exact) mass is 227 g/mol. The Morgan fingerprint density at radius 3 is 2.80 bits per heavy atom. The van der Waals surface area contributed by atoms with Gasteiger partial charge in [-0.1, -0.05) is 6.07 Å². The average Bonchev–Trinajstić information content (AvgIpc) is 2.30. The summed E-state index contributed by atoms with van der Waals surface area (Å²) in [6.45, 7) is 3.62. The minimum absolute atomic E-state index is 0.214. The van der Waals surface area contributed by atoms with Crippen molar-refractivity contribution in [3.05, 3.63) is 18.2 Å². The second-order valence-electron chi connectivity index (χ2n) is 3.32. The van der Waals surface area contributed by atoms with Gasteiger partial charge in [-0.05, 0) is 12.1 Å². The first-order valence-corrected chi connectivity index (χ1v) is 5.91. The summed E-state index contributed by atoms with van der Waals surface area (Å²) in [4.78, 5) is 6.25. The highest BCUT2D eigenvalue weighted by Gasteiger charge is 2.12. The highest BCUT2D eigenvalue weighted by molar-refractivity contribution is 7.79. The topological polar surface area (TPSA) is 65.5 Å². The Morgan fingerprint density at radius 1 is 1.40 bits per heavy atom. The summed E-state index contributed by atoms with van der Waals surface area (Å²) in [6, 6.07) is 5.18. The minimum Gasteiger partial charge on any atom is -0.354 e. The van der Waals surface area contributed by atoms with Gasteiger partial charge < -0.3 is 14.8 Å². The molecule has 1 unspecified atom stereocenters. The largest absolute Gasteiger partial charge is 0.354 e. The van der Waals surface area contributed by atoms with E-state index < -0.39 is 11.1 Å². The van der Waals surface area contributed by atoms with Crippen LogP contribution in [0.25, 0.3) is 0 Å². The number of nitrogens with zero attached hydrogens (tertiary/aromatic N) is 2. The van der Waals surface area contributed by atoms with Crippen molar-refractivity contribution in [2.75, 3.05) is 31.1 Å². The lowest BCUT2D eigenvalue weighted by Gasteiger charge is -2.28. The second-order valence-corrected chi connectivity index (χ2v) is 4.24. The third-order valence-electron chi connectivity index (χ3n) is 2.33. The quantitative estimate of drug-likeness (QED) is 0.700. The van der Waals surface area contributed by atoms with Crippen LogP contribution in [0.2, 0.25) is 0 Å². The predicted molar refractivity (Wildman–Crippen MR) is 58.4 cm³/mol. The van der Waals surface area contributed by atoms with Gasteiger partial charge in [-0.25, -0.2) is 9.19 Å². The van der Waals surface area contributed by atoms with E-state index in [0.717, 1.165) is 32.0 Å². The first kappa shape index (κ1) is 10.5. The molecular formula is C9H13N3O2S. The maximum absolute atomic E-state index is 10.9. The first-order valence-electron chi connectivity index (χ1n) is 4.81. The summed E-state index contributed by atoms with van der Waals surface area (Å²) in [5, 5.41) is 3.46. The molecule has 0 spiro atoms. The van der Waals surface area contributed by atoms with Crippen molar-refractivity contribution < 1.29 is 8.76 Å². The number of hydrogen-bond donors (Lipinski definition) is 2. The molecule has 2 rings (SSSR count). The van der Waals surface area contributed by atoms with Crippen LogP contribution in [0.15, 0.2) is 23.2 Å². The second kappa shape index (κ2) is 4.69. The van der Waals surface area contributed by atoms with E-state index in [1.54, 1.807) is 12.1 Å². The minimum atomic E-state index is -2.00. The number of aromatic nitrogens is 1. The lowest BCUT2D eigenvalue weighted by atomic mass is 10.3. The van der Waals surface area contributed by atoms with Gasteiger partial charge >= 0.3 is 0 Å². The fourth-order valence-corrected chi connectivity index (χ4v) is 1.94. The van der Waals surface area contributed by atoms with Gasteiger partial charge in [-0.15, -0.1) is 0 Å². The summed E-state index contributed by atoms with van der Waals surface area (Å²) in [5.41, 5.74) is 0. The predicted octanol–water partition coefficient (Wildman–Crippen LogP) is 0.0718. The normalized spacial score (nSPS) is 18.9. The zero-order chi connectivity index (χ0) is 10.7. The average molecular weight is 227 g/mol. The summed E-state index contributed by atoms with van der Waals surface area (Å²) in [5.74, 6) is 0.774. The summed E-state index contributed by atoms with van der Waals surface area (Å²) in [7, 11) is 0. The Morgan fingerprint density at radius 2 is 2.13 bits per heavy atom. The molecule has 1 saturated heterocycles. The molecule has 2 N–H and O–H groups in total. The van der Waals surface area contributed by atoms with E-state index in [1.165, 1.54) is 0 Å². The van der Waals surface area contributed by atoms with E-state index in [9.17, 15) is 4.21 Å². The molecule has 0 aliphatic carbocycles. The van der Waals surface area contributed by atoms with Crippen molar-refractivity contribution in [1.82, 2.24) is 10.3 Å². The Labute approximate surface area is 90.8 Å². The molecule has 1 aromatic heterocycles. The maximum Gasteiger partial charge on any atom is 0.205 e. The van der Waals surface area contributed by atoms with Crippen molar-refractivity contribution in [3.8, 4) is 0 Å². The van der Waals surface area contributed by atoms with E-state index >= 15 is 0 Å². The fourth-order valence-electron chi connectivity index (χ4n) is 1.57. The van der Waals surface area contributed by atoms with Gasteiger partial charge in [0.15, 0.2) is 5.03 Å². The van der Waals surface area contributed by atoms with Gasteiger partial charge in [0.1, 0.15) is 5.82 Å². The van der Waals surface area contributed by atoms with Crippen molar-refractivity contribution in [2.45, 2.75) is 5.03 Å². The Bertz CT molecular complexity index is 366. The molecule has 0 bridgehead atoms. The van der Waals surface area contributed by atoms with Crippen LogP contribution in [0, 0.1) is 0 Å². The van der Waals surface area contributed by atoms with Gasteiger partial charge in [0.2, 0.25) is 11.1 Å². The summed E-state index contributed by atoms with van der Waals surface area (Å²) in [6.07, 6.45) is 0. The van der Waals surface area contributed by atoms with E-state index in [2.05, 4.69) is 15.2 Å². The molecule has 6 heteroatoms. The first-order chi connectivity index (χ1) is 7.27. The number of pyridine rings is 1. The molecule has 0 aromatic carbocycles. The highest BCUT2D eigenvalue weighted by atomic mass is 32.2. The molecule has 1 aliphatic heterocycles. The molecular weight excluding hydrogens is 214 g/mol. The third kappa shape index (κ3) is 2.53. The Hall–Kier alpha value is -0.980. The van der Waals surface area contributed by atoms with Crippen LogP contribution in [0.4, 0.5) is 5.82 Å². The van der Waals surface area contributed by atoms with E-state index in [4.69, 9.17) is 4.55 Å². The molecule has 1 aliphatic rings. The number of hydrogen-bond acceptors (Lipinski definition) is 4. The fraction of sp³-hybridized carbons (Fsp3) is 0.444. The van der Waals surface area contributed by atoms with Crippen molar-refractivity contribution in [2.24, 2.45) is 0 Å². The summed E-state index contributed by atoms with van der Waals surface area (Å²) >= 11 is -2.00. The smallest absolute Gasteiger partial charge is 0.205 e. The number of anilines is 1. The molecule has 0 amide bonds. The number of nitrogens with one attached hydrogen (secondary N) is 1. The van der Waals surface area contributed by atoms with E-state index in [1.807, 2.05) is 6.07 Å². The zero-order valence-electron chi connectivity index (χ0n) is 8.22. The van der Waals surface area contributed by atoms with Crippen molar-refractivity contribution >= 4 is 16.9 Å². The maximum atomic E-state index is 10.9. The van der Waals surface area contributed by atoms with Crippen LogP contribution in [0.3, 0.4) is 0 Å². The third-order valence-corrected chi connectivity index (χ3v) is 2.91. The van der Waals surface area contributed by atoms with E-state index in [0.29, 0.717) is 0 Å². The van der Waals surface area contributed by atoms with Gasteiger partial charge in [0.25, 0.3) is 0 Å². The highest BCUT2D eigenvalue weighted by Crippen LogP contribution is 2.13. The van der Waals surface area contributed by atoms with Crippen molar-refractivity contribution in [3.63, 3.8) is 0 Å². The van der Waals surface area contributed by atoms with Crippen LogP contribution in [-0.2, 0) is 11.1 Å². The van der Waals surface area contributed by atoms with Crippen LogP contribution in [0.1, 0.15) is 0 Å². The molecule has 1 fully saturated rings. The van der Waals surface area contributed by atoms with E-state index in [-0.39, 0.29) is 5.03 Å². The van der Waals surface area contributed by atoms with Gasteiger partial charge in [0.05, 0.1) is 0 Å². The Balaban J connectivity index is 2.19. The summed E-state index contributed by atoms with van der Waals surface area (Å²) < 4.78 is 19.8. The number of rotatable bonds is 2. The van der Waals surface area contributed by atoms with Crippen LogP contribution >= 0.6 is 0 Å². The molecule has 2 heterocycles. The van der Waals surface area contributed by atoms with Crippen LogP contribution < -0.4 is 10.2 Å². The molecule has 0 saturated carbocycles. The van der Waals surface area contributed by atoms with Gasteiger partial charge in [-0.2, -0.15) is 0 Å². The zero-order valence-corrected chi connectivity index (χ0v) is 9.04. The molecule has 1 atom stereocenters.